The maximum absolute atomic E-state index is 12.2. The Kier molecular flexibility index (Phi) is 3.88. The first kappa shape index (κ1) is 13.3. The lowest BCUT2D eigenvalue weighted by Gasteiger charge is -2.32. The van der Waals surface area contributed by atoms with Gasteiger partial charge in [-0.05, 0) is 44.9 Å². The highest BCUT2D eigenvalue weighted by molar-refractivity contribution is 5.90. The highest BCUT2D eigenvalue weighted by atomic mass is 16.5. The molecule has 0 aromatic carbocycles. The van der Waals surface area contributed by atoms with Crippen molar-refractivity contribution in [2.45, 2.75) is 46.0 Å². The molecule has 2 fully saturated rings. The Balaban J connectivity index is 1.83. The number of rotatable bonds is 5. The molecule has 2 rings (SSSR count). The molecule has 0 radical (unpaired) electrons. The van der Waals surface area contributed by atoms with Crippen LogP contribution in [0.4, 0.5) is 0 Å². The van der Waals surface area contributed by atoms with E-state index in [-0.39, 0.29) is 11.4 Å². The van der Waals surface area contributed by atoms with Crippen LogP contribution in [0, 0.1) is 17.3 Å². The third-order valence-corrected chi connectivity index (χ3v) is 4.64. The fraction of sp³-hybridized carbons (Fsp3) is 0.733. The van der Waals surface area contributed by atoms with Crippen LogP contribution in [-0.2, 0) is 14.3 Å². The molecular weight excluding hydrogens is 228 g/mol. The number of esters is 1. The second kappa shape index (κ2) is 5.25. The number of hydrogen-bond acceptors (Lipinski definition) is 3. The fourth-order valence-electron chi connectivity index (χ4n) is 3.55. The molecule has 0 N–H and O–H groups in total. The van der Waals surface area contributed by atoms with Gasteiger partial charge in [0.1, 0.15) is 5.78 Å². The van der Waals surface area contributed by atoms with Gasteiger partial charge in [-0.25, -0.2) is 4.79 Å². The second-order valence-corrected chi connectivity index (χ2v) is 5.68. The minimum atomic E-state index is -0.290. The number of ether oxygens (including phenoxy) is 1. The first-order chi connectivity index (χ1) is 8.58. The van der Waals surface area contributed by atoms with Crippen LogP contribution < -0.4 is 0 Å². The summed E-state index contributed by atoms with van der Waals surface area (Å²) in [5.74, 6) is 1.07. The lowest BCUT2D eigenvalue weighted by Crippen LogP contribution is -2.33. The van der Waals surface area contributed by atoms with Crippen molar-refractivity contribution in [2.75, 3.05) is 6.61 Å². The first-order valence-electron chi connectivity index (χ1n) is 6.95. The topological polar surface area (TPSA) is 43.4 Å². The Hall–Kier alpha value is -1.12. The van der Waals surface area contributed by atoms with Crippen LogP contribution in [0.15, 0.2) is 12.2 Å². The van der Waals surface area contributed by atoms with Crippen molar-refractivity contribution in [2.24, 2.45) is 17.3 Å². The lowest BCUT2D eigenvalue weighted by molar-refractivity contribution is -0.137. The Morgan fingerprint density at radius 2 is 2.28 bits per heavy atom. The zero-order valence-corrected chi connectivity index (χ0v) is 11.3. The molecule has 2 saturated carbocycles. The molecule has 0 spiro atoms. The van der Waals surface area contributed by atoms with Gasteiger partial charge in [0, 0.05) is 17.4 Å². The monoisotopic (exact) mass is 250 g/mol. The van der Waals surface area contributed by atoms with Crippen LogP contribution in [0.25, 0.3) is 0 Å². The van der Waals surface area contributed by atoms with Crippen LogP contribution in [0.2, 0.25) is 0 Å². The largest absolute Gasteiger partial charge is 0.463 e. The van der Waals surface area contributed by atoms with Crippen molar-refractivity contribution < 1.29 is 14.3 Å². The number of ketones is 1. The molecule has 0 aliphatic heterocycles. The van der Waals surface area contributed by atoms with Gasteiger partial charge in [-0.3, -0.25) is 4.79 Å². The number of carbonyl (C=O) groups excluding carboxylic acids is 2. The van der Waals surface area contributed by atoms with Gasteiger partial charge < -0.3 is 4.74 Å². The molecule has 0 heterocycles. The molecule has 0 unspecified atom stereocenters. The van der Waals surface area contributed by atoms with Gasteiger partial charge in [0.15, 0.2) is 0 Å². The van der Waals surface area contributed by atoms with E-state index in [0.29, 0.717) is 24.2 Å². The number of fused-ring (bicyclic) bond motifs is 2. The van der Waals surface area contributed by atoms with Crippen LogP contribution in [0.5, 0.6) is 0 Å². The van der Waals surface area contributed by atoms with E-state index in [4.69, 9.17) is 4.74 Å². The molecule has 2 aliphatic carbocycles. The SMILES string of the molecule is CCOC(=O)/C=C\CC[C@@]1(C)C(=O)[C@@H]2CC[C@H]1C2. The predicted molar refractivity (Wildman–Crippen MR) is 69.0 cm³/mol. The highest BCUT2D eigenvalue weighted by Crippen LogP contribution is 2.55. The third-order valence-electron chi connectivity index (χ3n) is 4.64. The summed E-state index contributed by atoms with van der Waals surface area (Å²) in [6, 6.07) is 0. The van der Waals surface area contributed by atoms with Crippen molar-refractivity contribution in [3.05, 3.63) is 12.2 Å². The van der Waals surface area contributed by atoms with Crippen LogP contribution >= 0.6 is 0 Å². The maximum Gasteiger partial charge on any atom is 0.330 e. The van der Waals surface area contributed by atoms with E-state index in [1.807, 2.05) is 6.08 Å². The minimum absolute atomic E-state index is 0.137. The number of allylic oxidation sites excluding steroid dienone is 1. The van der Waals surface area contributed by atoms with Gasteiger partial charge in [-0.15, -0.1) is 0 Å². The summed E-state index contributed by atoms with van der Waals surface area (Å²) in [4.78, 5) is 23.3. The average Bonchev–Trinajstić information content (AvgIpc) is 2.90. The van der Waals surface area contributed by atoms with Gasteiger partial charge in [0.25, 0.3) is 0 Å². The van der Waals surface area contributed by atoms with Gasteiger partial charge in [0.2, 0.25) is 0 Å². The molecule has 3 heteroatoms. The molecule has 2 aliphatic rings. The smallest absolute Gasteiger partial charge is 0.330 e. The van der Waals surface area contributed by atoms with Crippen LogP contribution in [0.1, 0.15) is 46.0 Å². The summed E-state index contributed by atoms with van der Waals surface area (Å²) >= 11 is 0. The summed E-state index contributed by atoms with van der Waals surface area (Å²) < 4.78 is 4.82. The van der Waals surface area contributed by atoms with E-state index in [0.717, 1.165) is 25.7 Å². The predicted octanol–water partition coefficient (Wildman–Crippen LogP) is 2.89. The van der Waals surface area contributed by atoms with Crippen molar-refractivity contribution in [3.63, 3.8) is 0 Å². The second-order valence-electron chi connectivity index (χ2n) is 5.68. The minimum Gasteiger partial charge on any atom is -0.463 e. The average molecular weight is 250 g/mol. The van der Waals surface area contributed by atoms with Gasteiger partial charge in [-0.2, -0.15) is 0 Å². The molecule has 2 bridgehead atoms. The molecule has 0 saturated heterocycles. The lowest BCUT2D eigenvalue weighted by atomic mass is 9.71. The summed E-state index contributed by atoms with van der Waals surface area (Å²) in [6.07, 6.45) is 8.35. The maximum atomic E-state index is 12.2. The molecule has 18 heavy (non-hydrogen) atoms. The van der Waals surface area contributed by atoms with Crippen molar-refractivity contribution in [1.82, 2.24) is 0 Å². The van der Waals surface area contributed by atoms with Gasteiger partial charge >= 0.3 is 5.97 Å². The molecular formula is C15H22O3. The van der Waals surface area contributed by atoms with Crippen LogP contribution in [0.3, 0.4) is 0 Å². The number of hydrogen-bond donors (Lipinski definition) is 0. The normalized spacial score (nSPS) is 34.4. The van der Waals surface area contributed by atoms with E-state index >= 15 is 0 Å². The van der Waals surface area contributed by atoms with Crippen molar-refractivity contribution in [3.8, 4) is 0 Å². The quantitative estimate of drug-likeness (QED) is 0.556. The van der Waals surface area contributed by atoms with E-state index in [9.17, 15) is 9.59 Å². The third kappa shape index (κ3) is 2.36. The van der Waals surface area contributed by atoms with E-state index in [2.05, 4.69) is 6.92 Å². The Morgan fingerprint density at radius 3 is 2.89 bits per heavy atom. The standard InChI is InChI=1S/C15H22O3/c1-3-18-13(16)6-4-5-9-15(2)12-8-7-11(10-12)14(15)17/h4,6,11-12H,3,5,7-10H2,1-2H3/b6-4-/t11-,12+,15-/m1/s1. The number of Topliss-reactive ketones (excluding diaryl/α,β-unsaturated/α-hetero) is 1. The fourth-order valence-corrected chi connectivity index (χ4v) is 3.55. The van der Waals surface area contributed by atoms with Gasteiger partial charge in [-0.1, -0.05) is 13.0 Å². The van der Waals surface area contributed by atoms with E-state index < -0.39 is 0 Å². The van der Waals surface area contributed by atoms with Crippen molar-refractivity contribution >= 4 is 11.8 Å². The van der Waals surface area contributed by atoms with Crippen LogP contribution in [-0.4, -0.2) is 18.4 Å². The highest BCUT2D eigenvalue weighted by Gasteiger charge is 2.54. The first-order valence-corrected chi connectivity index (χ1v) is 6.95. The summed E-state index contributed by atoms with van der Waals surface area (Å²) in [6.45, 7) is 4.31. The molecule has 100 valence electrons. The molecule has 0 amide bonds. The van der Waals surface area contributed by atoms with Gasteiger partial charge in [0.05, 0.1) is 6.61 Å². The Morgan fingerprint density at radius 1 is 1.50 bits per heavy atom. The molecule has 0 aromatic rings. The zero-order valence-electron chi connectivity index (χ0n) is 11.3. The summed E-state index contributed by atoms with van der Waals surface area (Å²) in [5, 5.41) is 0. The molecule has 3 atom stereocenters. The zero-order chi connectivity index (χ0) is 13.2. The Bertz CT molecular complexity index is 372. The molecule has 3 nitrogen and oxygen atoms in total. The van der Waals surface area contributed by atoms with E-state index in [1.165, 1.54) is 12.5 Å². The van der Waals surface area contributed by atoms with E-state index in [1.54, 1.807) is 6.92 Å². The Labute approximate surface area is 109 Å². The molecule has 0 aromatic heterocycles. The van der Waals surface area contributed by atoms with Crippen molar-refractivity contribution in [1.29, 1.82) is 0 Å². The number of carbonyl (C=O) groups is 2. The summed E-state index contributed by atoms with van der Waals surface area (Å²) in [7, 11) is 0. The summed E-state index contributed by atoms with van der Waals surface area (Å²) in [5.41, 5.74) is -0.137.